The van der Waals surface area contributed by atoms with Crippen LogP contribution in [0, 0.1) is 17.3 Å². The molecule has 138 valence electrons. The first-order valence-corrected chi connectivity index (χ1v) is 10.1. The molecule has 0 fully saturated rings. The van der Waals surface area contributed by atoms with Gasteiger partial charge in [0.05, 0.1) is 6.33 Å². The zero-order valence-corrected chi connectivity index (χ0v) is 16.5. The molecule has 1 aliphatic carbocycles. The normalized spacial score (nSPS) is 23.0. The number of aromatic nitrogens is 2. The van der Waals surface area contributed by atoms with Crippen LogP contribution < -0.4 is 0 Å². The summed E-state index contributed by atoms with van der Waals surface area (Å²) in [6.07, 6.45) is 24.3. The highest BCUT2D eigenvalue weighted by molar-refractivity contribution is 5.34. The summed E-state index contributed by atoms with van der Waals surface area (Å²) >= 11 is 0. The second kappa shape index (κ2) is 9.79. The average Bonchev–Trinajstić information content (AvgIpc) is 3.10. The van der Waals surface area contributed by atoms with Crippen molar-refractivity contribution in [2.45, 2.75) is 72.3 Å². The van der Waals surface area contributed by atoms with Crippen LogP contribution in [0.15, 0.2) is 55.2 Å². The van der Waals surface area contributed by atoms with Crippen molar-refractivity contribution in [3.8, 4) is 0 Å². The molecule has 2 heteroatoms. The first kappa shape index (κ1) is 19.8. The van der Waals surface area contributed by atoms with Crippen molar-refractivity contribution in [2.75, 3.05) is 0 Å². The molecule has 0 saturated carbocycles. The van der Waals surface area contributed by atoms with Crippen LogP contribution in [0.5, 0.6) is 0 Å². The van der Waals surface area contributed by atoms with E-state index < -0.39 is 0 Å². The van der Waals surface area contributed by atoms with Gasteiger partial charge in [0.15, 0.2) is 0 Å². The van der Waals surface area contributed by atoms with Gasteiger partial charge in [-0.05, 0) is 23.8 Å². The van der Waals surface area contributed by atoms with Gasteiger partial charge in [-0.25, -0.2) is 4.98 Å². The molecule has 0 aliphatic heterocycles. The maximum absolute atomic E-state index is 4.26. The van der Waals surface area contributed by atoms with E-state index in [-0.39, 0.29) is 5.41 Å². The van der Waals surface area contributed by atoms with Crippen LogP contribution >= 0.6 is 0 Å². The fraction of sp³-hybridized carbons (Fsp3) is 0.609. The lowest BCUT2D eigenvalue weighted by Crippen LogP contribution is -2.38. The maximum Gasteiger partial charge on any atom is 0.0946 e. The molecule has 0 N–H and O–H groups in total. The van der Waals surface area contributed by atoms with Gasteiger partial charge >= 0.3 is 0 Å². The SMILES string of the molecule is C=CC1=CC=CC(CCCCCCCC)(Cn2ccnc2)C1C(C)C. The van der Waals surface area contributed by atoms with Crippen LogP contribution in [-0.2, 0) is 6.54 Å². The van der Waals surface area contributed by atoms with Gasteiger partial charge in [0.1, 0.15) is 0 Å². The molecular weight excluding hydrogens is 304 g/mol. The molecule has 1 aromatic heterocycles. The number of hydrogen-bond acceptors (Lipinski definition) is 1. The molecule has 0 amide bonds. The lowest BCUT2D eigenvalue weighted by Gasteiger charge is -2.44. The first-order valence-electron chi connectivity index (χ1n) is 10.1. The third-order valence-electron chi connectivity index (χ3n) is 5.63. The van der Waals surface area contributed by atoms with Crippen molar-refractivity contribution >= 4 is 0 Å². The van der Waals surface area contributed by atoms with Crippen molar-refractivity contribution in [2.24, 2.45) is 17.3 Å². The summed E-state index contributed by atoms with van der Waals surface area (Å²) in [6.45, 7) is 12.1. The Balaban J connectivity index is 2.15. The van der Waals surface area contributed by atoms with Gasteiger partial charge in [0, 0.05) is 24.4 Å². The number of imidazole rings is 1. The lowest BCUT2D eigenvalue weighted by atomic mass is 9.62. The number of unbranched alkanes of at least 4 members (excludes halogenated alkanes) is 5. The highest BCUT2D eigenvalue weighted by Gasteiger charge is 2.40. The van der Waals surface area contributed by atoms with Gasteiger partial charge < -0.3 is 4.57 Å². The summed E-state index contributed by atoms with van der Waals surface area (Å²) in [7, 11) is 0. The van der Waals surface area contributed by atoms with E-state index in [1.807, 2.05) is 12.5 Å². The predicted molar refractivity (Wildman–Crippen MR) is 108 cm³/mol. The Morgan fingerprint density at radius 1 is 1.24 bits per heavy atom. The van der Waals surface area contributed by atoms with E-state index in [4.69, 9.17) is 0 Å². The standard InChI is InChI=1S/C23H36N2/c1-5-7-8-9-10-11-14-23(18-25-17-16-24-19-25)15-12-13-21(6-2)22(23)20(3)4/h6,12-13,15-17,19-20,22H,2,5,7-11,14,18H2,1,3-4H3. The van der Waals surface area contributed by atoms with Gasteiger partial charge in [-0.1, -0.05) is 90.2 Å². The molecule has 0 saturated heterocycles. The van der Waals surface area contributed by atoms with Crippen molar-refractivity contribution in [1.29, 1.82) is 0 Å². The smallest absolute Gasteiger partial charge is 0.0946 e. The minimum Gasteiger partial charge on any atom is -0.337 e. The number of nitrogens with zero attached hydrogens (tertiary/aromatic N) is 2. The molecule has 2 atom stereocenters. The van der Waals surface area contributed by atoms with Crippen LogP contribution in [-0.4, -0.2) is 9.55 Å². The third kappa shape index (κ3) is 5.20. The molecule has 2 rings (SSSR count). The number of allylic oxidation sites excluding steroid dienone is 5. The summed E-state index contributed by atoms with van der Waals surface area (Å²) < 4.78 is 2.25. The van der Waals surface area contributed by atoms with Gasteiger partial charge in [0.25, 0.3) is 0 Å². The summed E-state index contributed by atoms with van der Waals surface area (Å²) in [5, 5.41) is 0. The van der Waals surface area contributed by atoms with E-state index >= 15 is 0 Å². The van der Waals surface area contributed by atoms with E-state index in [1.165, 1.54) is 50.5 Å². The molecule has 1 aliphatic rings. The van der Waals surface area contributed by atoms with Crippen molar-refractivity contribution < 1.29 is 0 Å². The van der Waals surface area contributed by atoms with Crippen molar-refractivity contribution in [1.82, 2.24) is 9.55 Å². The summed E-state index contributed by atoms with van der Waals surface area (Å²) in [5.41, 5.74) is 1.56. The minimum atomic E-state index is 0.165. The highest BCUT2D eigenvalue weighted by atomic mass is 15.0. The van der Waals surface area contributed by atoms with Gasteiger partial charge in [-0.2, -0.15) is 0 Å². The Hall–Kier alpha value is -1.57. The van der Waals surface area contributed by atoms with E-state index in [0.29, 0.717) is 11.8 Å². The molecule has 2 nitrogen and oxygen atoms in total. The Bertz CT molecular complexity index is 565. The molecule has 0 radical (unpaired) electrons. The van der Waals surface area contributed by atoms with E-state index in [0.717, 1.165) is 6.54 Å². The second-order valence-corrected chi connectivity index (χ2v) is 7.94. The summed E-state index contributed by atoms with van der Waals surface area (Å²) in [4.78, 5) is 4.26. The Labute approximate surface area is 154 Å². The van der Waals surface area contributed by atoms with Gasteiger partial charge in [0.2, 0.25) is 0 Å². The quantitative estimate of drug-likeness (QED) is 0.416. The monoisotopic (exact) mass is 340 g/mol. The van der Waals surface area contributed by atoms with Gasteiger partial charge in [-0.15, -0.1) is 0 Å². The Morgan fingerprint density at radius 2 is 2.00 bits per heavy atom. The number of rotatable bonds is 11. The summed E-state index contributed by atoms with van der Waals surface area (Å²) in [6, 6.07) is 0. The van der Waals surface area contributed by atoms with E-state index in [1.54, 1.807) is 0 Å². The Morgan fingerprint density at radius 3 is 2.64 bits per heavy atom. The second-order valence-electron chi connectivity index (χ2n) is 7.94. The van der Waals surface area contributed by atoms with Crippen LogP contribution in [0.25, 0.3) is 0 Å². The van der Waals surface area contributed by atoms with Crippen LogP contribution in [0.1, 0.15) is 65.7 Å². The zero-order valence-electron chi connectivity index (χ0n) is 16.5. The first-order chi connectivity index (χ1) is 12.1. The molecule has 0 spiro atoms. The fourth-order valence-corrected chi connectivity index (χ4v) is 4.56. The van der Waals surface area contributed by atoms with Crippen molar-refractivity contribution in [3.63, 3.8) is 0 Å². The minimum absolute atomic E-state index is 0.165. The van der Waals surface area contributed by atoms with E-state index in [9.17, 15) is 0 Å². The van der Waals surface area contributed by atoms with Crippen LogP contribution in [0.4, 0.5) is 0 Å². The highest BCUT2D eigenvalue weighted by Crippen LogP contribution is 2.47. The topological polar surface area (TPSA) is 17.8 Å². The van der Waals surface area contributed by atoms with Gasteiger partial charge in [-0.3, -0.25) is 0 Å². The summed E-state index contributed by atoms with van der Waals surface area (Å²) in [5.74, 6) is 1.12. The third-order valence-corrected chi connectivity index (χ3v) is 5.63. The zero-order chi connectivity index (χ0) is 18.1. The molecule has 1 aromatic rings. The predicted octanol–water partition coefficient (Wildman–Crippen LogP) is 6.57. The molecule has 25 heavy (non-hydrogen) atoms. The van der Waals surface area contributed by atoms with Crippen LogP contribution in [0.2, 0.25) is 0 Å². The molecular formula is C23H36N2. The molecule has 2 unspecified atom stereocenters. The van der Waals surface area contributed by atoms with Crippen molar-refractivity contribution in [3.05, 3.63) is 55.2 Å². The van der Waals surface area contributed by atoms with E-state index in [2.05, 4.69) is 67.4 Å². The fourth-order valence-electron chi connectivity index (χ4n) is 4.56. The lowest BCUT2D eigenvalue weighted by molar-refractivity contribution is 0.156. The number of hydrogen-bond donors (Lipinski definition) is 0. The average molecular weight is 341 g/mol. The van der Waals surface area contributed by atoms with Crippen LogP contribution in [0.3, 0.4) is 0 Å². The molecule has 0 aromatic carbocycles. The Kier molecular flexibility index (Phi) is 7.74. The molecule has 0 bridgehead atoms. The largest absolute Gasteiger partial charge is 0.337 e. The molecule has 1 heterocycles. The maximum atomic E-state index is 4.26.